The van der Waals surface area contributed by atoms with Gasteiger partial charge in [0.1, 0.15) is 11.2 Å². The zero-order valence-corrected chi connectivity index (χ0v) is 33.4. The van der Waals surface area contributed by atoms with Gasteiger partial charge < -0.3 is 13.6 Å². The van der Waals surface area contributed by atoms with Gasteiger partial charge in [0.15, 0.2) is 17.5 Å². The first-order chi connectivity index (χ1) is 33.7. The molecule has 0 saturated carbocycles. The lowest BCUT2D eigenvalue weighted by Gasteiger charge is -2.16. The Morgan fingerprint density at radius 2 is 1.02 bits per heavy atom. The van der Waals surface area contributed by atoms with Gasteiger partial charge in [0, 0.05) is 65.8 Å². The van der Waals surface area contributed by atoms with Gasteiger partial charge in [-0.15, -0.1) is 0 Å². The third-order valence-electron chi connectivity index (χ3n) is 11.9. The highest BCUT2D eigenvalue weighted by Gasteiger charge is 2.23. The van der Waals surface area contributed by atoms with Gasteiger partial charge in [0.2, 0.25) is 0 Å². The second-order valence-corrected chi connectivity index (χ2v) is 15.5. The smallest absolute Gasteiger partial charge is 0.164 e. The largest absolute Gasteiger partial charge is 0.455 e. The van der Waals surface area contributed by atoms with E-state index in [1.54, 1.807) is 0 Å². The average molecular weight is 812 g/mol. The molecule has 0 radical (unpaired) electrons. The molecule has 13 rings (SSSR count). The predicted octanol–water partition coefficient (Wildman–Crippen LogP) is 14.6. The molecular weight excluding hydrogens is 771 g/mol. The van der Waals surface area contributed by atoms with Gasteiger partial charge in [0.05, 0.1) is 36.0 Å². The summed E-state index contributed by atoms with van der Waals surface area (Å²) in [5.41, 5.74) is 8.61. The second kappa shape index (κ2) is 14.0. The molecule has 0 bridgehead atoms. The van der Waals surface area contributed by atoms with E-state index in [9.17, 15) is 1.37 Å². The van der Waals surface area contributed by atoms with Gasteiger partial charge in [-0.25, -0.2) is 15.0 Å². The van der Waals surface area contributed by atoms with Crippen LogP contribution in [0.5, 0.6) is 0 Å². The van der Waals surface area contributed by atoms with E-state index in [0.717, 1.165) is 60.4 Å². The normalized spacial score (nSPS) is 13.1. The molecule has 6 nitrogen and oxygen atoms in total. The fourth-order valence-electron chi connectivity index (χ4n) is 9.21. The zero-order chi connectivity index (χ0) is 46.7. The van der Waals surface area contributed by atoms with Crippen LogP contribution >= 0.6 is 0 Å². The molecule has 6 heteroatoms. The summed E-state index contributed by atoms with van der Waals surface area (Å²) in [4.78, 5) is 15.7. The Balaban J connectivity index is 1.12. The first-order valence-electron chi connectivity index (χ1n) is 23.7. The maximum absolute atomic E-state index is 9.53. The van der Waals surface area contributed by atoms with Crippen molar-refractivity contribution in [1.82, 2.24) is 24.1 Å². The van der Waals surface area contributed by atoms with E-state index in [-0.39, 0.29) is 63.8 Å². The lowest BCUT2D eigenvalue weighted by atomic mass is 9.98. The molecule has 0 unspecified atom stereocenters. The van der Waals surface area contributed by atoms with Crippen LogP contribution in [0.15, 0.2) is 217 Å². The monoisotopic (exact) mass is 811 g/mol. The van der Waals surface area contributed by atoms with Crippen molar-refractivity contribution in [3.63, 3.8) is 0 Å². The molecule has 0 aliphatic rings. The van der Waals surface area contributed by atoms with Crippen LogP contribution < -0.4 is 0 Å². The van der Waals surface area contributed by atoms with Crippen molar-refractivity contribution in [3.05, 3.63) is 212 Å². The average Bonchev–Trinajstić information content (AvgIpc) is 4.07. The highest BCUT2D eigenvalue weighted by molar-refractivity contribution is 6.16. The quantitative estimate of drug-likeness (QED) is 0.168. The highest BCUT2D eigenvalue weighted by atomic mass is 16.3. The molecular formula is C57H35N5O. The Morgan fingerprint density at radius 1 is 0.397 bits per heavy atom. The summed E-state index contributed by atoms with van der Waals surface area (Å²) < 4.78 is 64.7. The number of fused-ring (bicyclic) bond motifs is 9. The molecule has 13 aromatic rings. The van der Waals surface area contributed by atoms with Gasteiger partial charge in [0.25, 0.3) is 0 Å². The van der Waals surface area contributed by atoms with Crippen molar-refractivity contribution in [2.24, 2.45) is 0 Å². The Bertz CT molecular complexity index is 4220. The van der Waals surface area contributed by atoms with Crippen molar-refractivity contribution < 1.29 is 12.6 Å². The van der Waals surface area contributed by atoms with Crippen molar-refractivity contribution in [2.45, 2.75) is 0 Å². The van der Waals surface area contributed by atoms with Crippen molar-refractivity contribution in [3.8, 4) is 56.7 Å². The SMILES string of the molecule is [2H]c1cc([2H])c2oc3c(-c4ccc(-c5nc(-c6ccccc6)nc(-c6cccc7c6c6ccccc6n7-c6ccccc6)n5)cc4-n4c5ccccc5c5ccccc54)c([2H])c([2H])c([2H])c3c2c1[2H]. The third kappa shape index (κ3) is 5.48. The Kier molecular flexibility index (Phi) is 6.56. The molecule has 0 amide bonds. The topological polar surface area (TPSA) is 61.7 Å². The summed E-state index contributed by atoms with van der Waals surface area (Å²) in [5, 5.41) is 4.28. The summed E-state index contributed by atoms with van der Waals surface area (Å²) in [6.07, 6.45) is 0. The molecule has 294 valence electrons. The van der Waals surface area contributed by atoms with Crippen molar-refractivity contribution in [1.29, 1.82) is 0 Å². The molecule has 0 atom stereocenters. The van der Waals surface area contributed by atoms with Crippen LogP contribution in [0.3, 0.4) is 0 Å². The molecule has 63 heavy (non-hydrogen) atoms. The summed E-state index contributed by atoms with van der Waals surface area (Å²) in [6, 6.07) is 56.5. The summed E-state index contributed by atoms with van der Waals surface area (Å²) in [5.74, 6) is 1.37. The van der Waals surface area contributed by atoms with Crippen LogP contribution in [-0.4, -0.2) is 24.1 Å². The minimum atomic E-state index is -0.365. The van der Waals surface area contributed by atoms with Crippen LogP contribution in [0.25, 0.3) is 122 Å². The minimum Gasteiger partial charge on any atom is -0.455 e. The molecule has 0 aliphatic heterocycles. The number of hydrogen-bond acceptors (Lipinski definition) is 4. The number of aromatic nitrogens is 5. The zero-order valence-electron chi connectivity index (χ0n) is 39.4. The standard InChI is InChI=1S/C57H35N5O/c1-3-17-36(18-4-1)55-58-56(60-57(59-55)46-27-16-31-50-53(46)45-24-9-13-30-49(45)61(50)38-19-5-2-6-20-38)37-33-34-41(43-25-15-26-44-42-23-10-14-32-52(42)63-54(43)44)51(35-37)62-47-28-11-7-21-39(47)40-22-8-12-29-48(40)62/h1-35H/i10D,15D,23D,25D,26D,32D. The van der Waals surface area contributed by atoms with Gasteiger partial charge >= 0.3 is 0 Å². The van der Waals surface area contributed by atoms with Crippen LogP contribution in [0.4, 0.5) is 0 Å². The summed E-state index contributed by atoms with van der Waals surface area (Å²) in [7, 11) is 0. The van der Waals surface area contributed by atoms with Crippen LogP contribution in [0.1, 0.15) is 8.22 Å². The maximum atomic E-state index is 9.53. The third-order valence-corrected chi connectivity index (χ3v) is 11.9. The summed E-state index contributed by atoms with van der Waals surface area (Å²) in [6.45, 7) is 0. The van der Waals surface area contributed by atoms with E-state index >= 15 is 0 Å². The molecule has 0 N–H and O–H groups in total. The molecule has 0 aliphatic carbocycles. The lowest BCUT2D eigenvalue weighted by Crippen LogP contribution is -2.02. The minimum absolute atomic E-state index is 0.0221. The van der Waals surface area contributed by atoms with Crippen molar-refractivity contribution in [2.75, 3.05) is 0 Å². The molecule has 0 spiro atoms. The van der Waals surface area contributed by atoms with Gasteiger partial charge in [-0.3, -0.25) is 0 Å². The van der Waals surface area contributed by atoms with E-state index in [0.29, 0.717) is 34.3 Å². The maximum Gasteiger partial charge on any atom is 0.164 e. The van der Waals surface area contributed by atoms with Gasteiger partial charge in [-0.1, -0.05) is 164 Å². The first kappa shape index (κ1) is 29.6. The predicted molar refractivity (Wildman–Crippen MR) is 258 cm³/mol. The van der Waals surface area contributed by atoms with Crippen molar-refractivity contribution >= 4 is 65.6 Å². The lowest BCUT2D eigenvalue weighted by molar-refractivity contribution is 0.670. The van der Waals surface area contributed by atoms with Gasteiger partial charge in [-0.2, -0.15) is 0 Å². The molecule has 4 aromatic heterocycles. The number of rotatable bonds is 6. The number of nitrogens with zero attached hydrogens (tertiary/aromatic N) is 5. The molecule has 4 heterocycles. The van der Waals surface area contributed by atoms with E-state index in [1.165, 1.54) is 6.07 Å². The Hall–Kier alpha value is -8.61. The summed E-state index contributed by atoms with van der Waals surface area (Å²) >= 11 is 0. The fourth-order valence-corrected chi connectivity index (χ4v) is 9.21. The van der Waals surface area contributed by atoms with Crippen LogP contribution in [0, 0.1) is 0 Å². The first-order valence-corrected chi connectivity index (χ1v) is 20.7. The highest BCUT2D eigenvalue weighted by Crippen LogP contribution is 2.43. The number of hydrogen-bond donors (Lipinski definition) is 0. The van der Waals surface area contributed by atoms with E-state index in [4.69, 9.17) is 26.2 Å². The number of furan rings is 1. The van der Waals surface area contributed by atoms with Crippen LogP contribution in [0.2, 0.25) is 0 Å². The van der Waals surface area contributed by atoms with Crippen LogP contribution in [-0.2, 0) is 0 Å². The number of para-hydroxylation sites is 6. The van der Waals surface area contributed by atoms with E-state index in [2.05, 4.69) is 63.7 Å². The second-order valence-electron chi connectivity index (χ2n) is 15.5. The molecule has 0 saturated heterocycles. The van der Waals surface area contributed by atoms with E-state index < -0.39 is 0 Å². The molecule has 9 aromatic carbocycles. The molecule has 0 fully saturated rings. The van der Waals surface area contributed by atoms with Gasteiger partial charge in [-0.05, 0) is 48.5 Å². The Morgan fingerprint density at radius 3 is 1.78 bits per heavy atom. The number of benzene rings is 9. The fraction of sp³-hybridized carbons (Fsp3) is 0. The Labute approximate surface area is 370 Å². The van der Waals surface area contributed by atoms with E-state index in [1.807, 2.05) is 115 Å².